The van der Waals surface area contributed by atoms with Crippen LogP contribution in [0.5, 0.6) is 5.75 Å². The molecule has 0 N–H and O–H groups in total. The monoisotopic (exact) mass is 410 g/mol. The lowest BCUT2D eigenvalue weighted by Crippen LogP contribution is -2.34. The summed E-state index contributed by atoms with van der Waals surface area (Å²) in [6, 6.07) is 20.6. The maximum Gasteiger partial charge on any atom is 0.271 e. The van der Waals surface area contributed by atoms with Crippen LogP contribution >= 0.6 is 11.6 Å². The van der Waals surface area contributed by atoms with Crippen molar-refractivity contribution in [2.75, 3.05) is 11.5 Å². The molecule has 3 aromatic rings. The summed E-state index contributed by atoms with van der Waals surface area (Å²) >= 11 is 6.02. The fourth-order valence-electron chi connectivity index (χ4n) is 2.79. The summed E-state index contributed by atoms with van der Waals surface area (Å²) in [4.78, 5) is 25.1. The Hall–Kier alpha value is -3.38. The zero-order valence-corrected chi connectivity index (χ0v) is 16.5. The second kappa shape index (κ2) is 9.21. The molecule has 0 unspecified atom stereocenters. The number of halogens is 1. The Bertz CT molecular complexity index is 1020. The van der Waals surface area contributed by atoms with E-state index in [1.54, 1.807) is 30.3 Å². The molecule has 148 valence electrons. The van der Waals surface area contributed by atoms with E-state index >= 15 is 0 Å². The SMILES string of the molecule is Cc1cc(OCC(=O)N(Cc2ccccc2)c2cccc([N+](=O)[O-])c2)ccc1Cl. The lowest BCUT2D eigenvalue weighted by atomic mass is 10.2. The highest BCUT2D eigenvalue weighted by molar-refractivity contribution is 6.31. The highest BCUT2D eigenvalue weighted by Crippen LogP contribution is 2.24. The minimum absolute atomic E-state index is 0.0809. The minimum atomic E-state index is -0.484. The molecule has 0 fully saturated rings. The molecule has 6 nitrogen and oxygen atoms in total. The molecule has 0 aliphatic rings. The number of benzene rings is 3. The maximum absolute atomic E-state index is 13.0. The number of hydrogen-bond donors (Lipinski definition) is 0. The molecule has 3 rings (SSSR count). The van der Waals surface area contributed by atoms with Gasteiger partial charge in [0.05, 0.1) is 17.2 Å². The maximum atomic E-state index is 13.0. The molecule has 1 amide bonds. The van der Waals surface area contributed by atoms with Crippen molar-refractivity contribution in [3.8, 4) is 5.75 Å². The fourth-order valence-corrected chi connectivity index (χ4v) is 2.91. The Labute approximate surface area is 173 Å². The van der Waals surface area contributed by atoms with Crippen molar-refractivity contribution in [3.63, 3.8) is 0 Å². The van der Waals surface area contributed by atoms with Crippen LogP contribution in [0.25, 0.3) is 0 Å². The van der Waals surface area contributed by atoms with Crippen LogP contribution in [0.2, 0.25) is 5.02 Å². The van der Waals surface area contributed by atoms with Gasteiger partial charge < -0.3 is 9.64 Å². The van der Waals surface area contributed by atoms with Gasteiger partial charge in [-0.3, -0.25) is 14.9 Å². The molecule has 7 heteroatoms. The van der Waals surface area contributed by atoms with Gasteiger partial charge in [-0.2, -0.15) is 0 Å². The van der Waals surface area contributed by atoms with Gasteiger partial charge in [0.2, 0.25) is 0 Å². The number of rotatable bonds is 7. The van der Waals surface area contributed by atoms with Crippen molar-refractivity contribution in [2.24, 2.45) is 0 Å². The molecule has 0 aromatic heterocycles. The van der Waals surface area contributed by atoms with Crippen LogP contribution in [0.15, 0.2) is 72.8 Å². The number of aryl methyl sites for hydroxylation is 1. The van der Waals surface area contributed by atoms with Crippen molar-refractivity contribution in [1.82, 2.24) is 0 Å². The number of non-ortho nitro benzene ring substituents is 1. The lowest BCUT2D eigenvalue weighted by Gasteiger charge is -2.23. The van der Waals surface area contributed by atoms with Gasteiger partial charge in [0, 0.05) is 17.2 Å². The fraction of sp³-hybridized carbons (Fsp3) is 0.136. The molecule has 0 aliphatic heterocycles. The first kappa shape index (κ1) is 20.4. The summed E-state index contributed by atoms with van der Waals surface area (Å²) in [6.45, 7) is 1.91. The van der Waals surface area contributed by atoms with Crippen LogP contribution in [-0.2, 0) is 11.3 Å². The highest BCUT2D eigenvalue weighted by atomic mass is 35.5. The second-order valence-corrected chi connectivity index (χ2v) is 6.85. The van der Waals surface area contributed by atoms with E-state index in [-0.39, 0.29) is 24.7 Å². The molecular formula is C22H19ClN2O4. The first-order chi connectivity index (χ1) is 13.9. The highest BCUT2D eigenvalue weighted by Gasteiger charge is 2.19. The molecule has 0 atom stereocenters. The Morgan fingerprint density at radius 1 is 1.07 bits per heavy atom. The van der Waals surface area contributed by atoms with E-state index in [0.29, 0.717) is 16.5 Å². The molecule has 29 heavy (non-hydrogen) atoms. The van der Waals surface area contributed by atoms with Crippen LogP contribution in [0.1, 0.15) is 11.1 Å². The third-order valence-corrected chi connectivity index (χ3v) is 4.75. The largest absolute Gasteiger partial charge is 0.484 e. The van der Waals surface area contributed by atoms with E-state index in [0.717, 1.165) is 11.1 Å². The molecule has 0 radical (unpaired) electrons. The van der Waals surface area contributed by atoms with E-state index in [9.17, 15) is 14.9 Å². The van der Waals surface area contributed by atoms with Gasteiger partial charge in [-0.25, -0.2) is 0 Å². The lowest BCUT2D eigenvalue weighted by molar-refractivity contribution is -0.384. The Kier molecular flexibility index (Phi) is 6.46. The first-order valence-electron chi connectivity index (χ1n) is 8.92. The number of nitrogens with zero attached hydrogens (tertiary/aromatic N) is 2. The molecule has 0 bridgehead atoms. The van der Waals surface area contributed by atoms with Crippen molar-refractivity contribution in [3.05, 3.63) is 99.1 Å². The molecule has 0 saturated heterocycles. The number of ether oxygens (including phenoxy) is 1. The first-order valence-corrected chi connectivity index (χ1v) is 9.29. The van der Waals surface area contributed by atoms with Crippen LogP contribution in [0.4, 0.5) is 11.4 Å². The second-order valence-electron chi connectivity index (χ2n) is 6.44. The predicted octanol–water partition coefficient (Wildman–Crippen LogP) is 5.17. The summed E-state index contributed by atoms with van der Waals surface area (Å²) in [7, 11) is 0. The Morgan fingerprint density at radius 3 is 2.52 bits per heavy atom. The van der Waals surface area contributed by atoms with Crippen molar-refractivity contribution < 1.29 is 14.5 Å². The summed E-state index contributed by atoms with van der Waals surface area (Å²) in [5.41, 5.74) is 2.10. The van der Waals surface area contributed by atoms with Crippen LogP contribution < -0.4 is 9.64 Å². The number of amides is 1. The van der Waals surface area contributed by atoms with Crippen LogP contribution in [0.3, 0.4) is 0 Å². The van der Waals surface area contributed by atoms with Gasteiger partial charge in [-0.1, -0.05) is 48.0 Å². The summed E-state index contributed by atoms with van der Waals surface area (Å²) in [5, 5.41) is 11.8. The summed E-state index contributed by atoms with van der Waals surface area (Å²) < 4.78 is 5.64. The van der Waals surface area contributed by atoms with E-state index in [1.165, 1.54) is 17.0 Å². The van der Waals surface area contributed by atoms with Gasteiger partial charge in [0.25, 0.3) is 11.6 Å². The predicted molar refractivity (Wildman–Crippen MR) is 112 cm³/mol. The van der Waals surface area contributed by atoms with Crippen LogP contribution in [0, 0.1) is 17.0 Å². The molecule has 0 spiro atoms. The van der Waals surface area contributed by atoms with E-state index in [4.69, 9.17) is 16.3 Å². The van der Waals surface area contributed by atoms with Gasteiger partial charge in [-0.15, -0.1) is 0 Å². The number of nitro groups is 1. The average molecular weight is 411 g/mol. The normalized spacial score (nSPS) is 10.4. The number of nitro benzene ring substituents is 1. The molecular weight excluding hydrogens is 392 g/mol. The summed E-state index contributed by atoms with van der Waals surface area (Å²) in [5.74, 6) is 0.209. The van der Waals surface area contributed by atoms with E-state index < -0.39 is 4.92 Å². The number of hydrogen-bond acceptors (Lipinski definition) is 4. The van der Waals surface area contributed by atoms with Crippen LogP contribution in [-0.4, -0.2) is 17.4 Å². The molecule has 0 saturated carbocycles. The van der Waals surface area contributed by atoms with Gasteiger partial charge in [0.1, 0.15) is 5.75 Å². The standard InChI is InChI=1S/C22H19ClN2O4/c1-16-12-20(10-11-21(16)23)29-15-22(26)24(14-17-6-3-2-4-7-17)18-8-5-9-19(13-18)25(27)28/h2-13H,14-15H2,1H3. The third-order valence-electron chi connectivity index (χ3n) is 4.33. The number of carbonyl (C=O) groups is 1. The zero-order chi connectivity index (χ0) is 20.8. The topological polar surface area (TPSA) is 72.7 Å². The van der Waals surface area contributed by atoms with Crippen molar-refractivity contribution in [1.29, 1.82) is 0 Å². The smallest absolute Gasteiger partial charge is 0.271 e. The van der Waals surface area contributed by atoms with Gasteiger partial charge in [-0.05, 0) is 42.3 Å². The average Bonchev–Trinajstić information content (AvgIpc) is 2.73. The summed E-state index contributed by atoms with van der Waals surface area (Å²) in [6.07, 6.45) is 0. The Morgan fingerprint density at radius 2 is 1.83 bits per heavy atom. The molecule has 3 aromatic carbocycles. The Balaban J connectivity index is 1.83. The van der Waals surface area contributed by atoms with Crippen molar-refractivity contribution in [2.45, 2.75) is 13.5 Å². The molecule has 0 heterocycles. The van der Waals surface area contributed by atoms with Gasteiger partial charge in [0.15, 0.2) is 6.61 Å². The molecule has 0 aliphatic carbocycles. The third kappa shape index (κ3) is 5.33. The van der Waals surface area contributed by atoms with Gasteiger partial charge >= 0.3 is 0 Å². The zero-order valence-electron chi connectivity index (χ0n) is 15.7. The number of carbonyl (C=O) groups excluding carboxylic acids is 1. The van der Waals surface area contributed by atoms with E-state index in [2.05, 4.69) is 0 Å². The van der Waals surface area contributed by atoms with E-state index in [1.807, 2.05) is 37.3 Å². The quantitative estimate of drug-likeness (QED) is 0.398. The minimum Gasteiger partial charge on any atom is -0.484 e. The number of anilines is 1. The van der Waals surface area contributed by atoms with Crippen molar-refractivity contribution >= 4 is 28.9 Å².